The Labute approximate surface area is 96.2 Å². The molecule has 1 aromatic rings. The summed E-state index contributed by atoms with van der Waals surface area (Å²) in [7, 11) is 2.01. The van der Waals surface area contributed by atoms with Crippen molar-refractivity contribution in [3.63, 3.8) is 0 Å². The van der Waals surface area contributed by atoms with Gasteiger partial charge in [-0.05, 0) is 6.54 Å². The Balaban J connectivity index is 2.28. The van der Waals surface area contributed by atoms with Gasteiger partial charge in [-0.15, -0.1) is 0 Å². The average molecular weight is 224 g/mol. The highest BCUT2D eigenvalue weighted by Crippen LogP contribution is 2.28. The molecule has 0 spiro atoms. The van der Waals surface area contributed by atoms with Gasteiger partial charge >= 0.3 is 0 Å². The van der Waals surface area contributed by atoms with Crippen molar-refractivity contribution in [1.82, 2.24) is 14.5 Å². The smallest absolute Gasteiger partial charge is 0.0946 e. The van der Waals surface area contributed by atoms with Crippen molar-refractivity contribution in [3.05, 3.63) is 18.2 Å². The number of nitrogens with two attached hydrogens (primary N) is 1. The molecule has 0 unspecified atom stereocenters. The number of morpholine rings is 1. The summed E-state index contributed by atoms with van der Waals surface area (Å²) < 4.78 is 7.79. The van der Waals surface area contributed by atoms with Crippen LogP contribution in [0, 0.1) is 0 Å². The van der Waals surface area contributed by atoms with E-state index < -0.39 is 0 Å². The maximum Gasteiger partial charge on any atom is 0.0946 e. The van der Waals surface area contributed by atoms with Crippen molar-refractivity contribution < 1.29 is 4.74 Å². The topological polar surface area (TPSA) is 56.3 Å². The average Bonchev–Trinajstić information content (AvgIpc) is 2.74. The van der Waals surface area contributed by atoms with Crippen LogP contribution in [0.3, 0.4) is 0 Å². The molecule has 1 aliphatic rings. The highest BCUT2D eigenvalue weighted by Gasteiger charge is 2.33. The molecular weight excluding hydrogens is 204 g/mol. The second-order valence-corrected chi connectivity index (χ2v) is 4.15. The fourth-order valence-corrected chi connectivity index (χ4v) is 2.37. The zero-order chi connectivity index (χ0) is 11.5. The van der Waals surface area contributed by atoms with E-state index >= 15 is 0 Å². The minimum atomic E-state index is 0.0732. The Morgan fingerprint density at radius 3 is 3.00 bits per heavy atom. The molecule has 1 aromatic heterocycles. The lowest BCUT2D eigenvalue weighted by atomic mass is 10.0. The fourth-order valence-electron chi connectivity index (χ4n) is 2.37. The second-order valence-electron chi connectivity index (χ2n) is 4.15. The minimum absolute atomic E-state index is 0.0732. The Bertz CT molecular complexity index is 326. The molecule has 0 aromatic carbocycles. The molecule has 2 rings (SSSR count). The van der Waals surface area contributed by atoms with Gasteiger partial charge in [0.05, 0.1) is 30.8 Å². The summed E-state index contributed by atoms with van der Waals surface area (Å²) >= 11 is 0. The number of nitrogens with zero attached hydrogens (tertiary/aromatic N) is 3. The molecule has 2 N–H and O–H groups in total. The molecule has 0 aliphatic carbocycles. The monoisotopic (exact) mass is 224 g/mol. The zero-order valence-electron chi connectivity index (χ0n) is 9.97. The van der Waals surface area contributed by atoms with Crippen LogP contribution in [0.1, 0.15) is 18.7 Å². The first-order valence-corrected chi connectivity index (χ1v) is 5.79. The van der Waals surface area contributed by atoms with E-state index in [1.807, 2.05) is 24.1 Å². The molecule has 1 aliphatic heterocycles. The third kappa shape index (κ3) is 1.98. The Kier molecular flexibility index (Phi) is 3.58. The number of likely N-dealkylation sites (N-methyl/N-ethyl adjacent to an activating group) is 1. The molecular formula is C11H20N4O. The molecule has 2 atom stereocenters. The van der Waals surface area contributed by atoms with Gasteiger partial charge in [0.2, 0.25) is 0 Å². The van der Waals surface area contributed by atoms with E-state index in [2.05, 4.69) is 16.8 Å². The lowest BCUT2D eigenvalue weighted by molar-refractivity contribution is -0.0680. The molecule has 16 heavy (non-hydrogen) atoms. The first kappa shape index (κ1) is 11.6. The number of hydrogen-bond acceptors (Lipinski definition) is 4. The summed E-state index contributed by atoms with van der Waals surface area (Å²) in [6.07, 6.45) is 3.81. The van der Waals surface area contributed by atoms with Gasteiger partial charge in [-0.1, -0.05) is 6.92 Å². The quantitative estimate of drug-likeness (QED) is 0.793. The summed E-state index contributed by atoms with van der Waals surface area (Å²) in [5.41, 5.74) is 6.96. The summed E-state index contributed by atoms with van der Waals surface area (Å²) in [5, 5.41) is 0. The van der Waals surface area contributed by atoms with Gasteiger partial charge in [-0.25, -0.2) is 4.98 Å². The standard InChI is InChI=1S/C11H20N4O/c1-3-15-4-5-16-10(6-12)11(15)9-7-13-8-14(9)2/h7-8,10-11H,3-6,12H2,1-2H3/t10-,11-/m1/s1. The van der Waals surface area contributed by atoms with Gasteiger partial charge in [-0.2, -0.15) is 0 Å². The first-order chi connectivity index (χ1) is 7.77. The Morgan fingerprint density at radius 2 is 2.44 bits per heavy atom. The lowest BCUT2D eigenvalue weighted by Crippen LogP contribution is -2.48. The third-order valence-electron chi connectivity index (χ3n) is 3.25. The predicted octanol–water partition coefficient (Wildman–Crippen LogP) is 0.141. The highest BCUT2D eigenvalue weighted by molar-refractivity contribution is 5.09. The van der Waals surface area contributed by atoms with Crippen LogP contribution in [0.25, 0.3) is 0 Å². The van der Waals surface area contributed by atoms with Gasteiger partial charge < -0.3 is 15.0 Å². The van der Waals surface area contributed by atoms with Crippen LogP contribution in [0.5, 0.6) is 0 Å². The molecule has 1 saturated heterocycles. The van der Waals surface area contributed by atoms with E-state index in [0.717, 1.165) is 19.7 Å². The molecule has 5 heteroatoms. The molecule has 0 bridgehead atoms. The van der Waals surface area contributed by atoms with Crippen molar-refractivity contribution in [2.45, 2.75) is 19.1 Å². The normalized spacial score (nSPS) is 27.2. The maximum absolute atomic E-state index is 5.79. The molecule has 1 fully saturated rings. The van der Waals surface area contributed by atoms with E-state index in [1.165, 1.54) is 5.69 Å². The number of aromatic nitrogens is 2. The van der Waals surface area contributed by atoms with Crippen LogP contribution in [-0.4, -0.2) is 46.8 Å². The molecule has 0 saturated carbocycles. The van der Waals surface area contributed by atoms with Crippen molar-refractivity contribution in [1.29, 1.82) is 0 Å². The summed E-state index contributed by atoms with van der Waals surface area (Å²) in [6.45, 7) is 5.46. The largest absolute Gasteiger partial charge is 0.374 e. The zero-order valence-corrected chi connectivity index (χ0v) is 9.97. The molecule has 5 nitrogen and oxygen atoms in total. The maximum atomic E-state index is 5.79. The van der Waals surface area contributed by atoms with E-state index in [-0.39, 0.29) is 12.1 Å². The van der Waals surface area contributed by atoms with Crippen LogP contribution < -0.4 is 5.73 Å². The summed E-state index contributed by atoms with van der Waals surface area (Å²) in [6, 6.07) is 0.233. The van der Waals surface area contributed by atoms with E-state index in [4.69, 9.17) is 10.5 Å². The van der Waals surface area contributed by atoms with Gasteiger partial charge in [0.1, 0.15) is 0 Å². The second kappa shape index (κ2) is 4.95. The van der Waals surface area contributed by atoms with E-state index in [0.29, 0.717) is 6.54 Å². The number of hydrogen-bond donors (Lipinski definition) is 1. The van der Waals surface area contributed by atoms with Gasteiger partial charge in [0, 0.05) is 26.3 Å². The van der Waals surface area contributed by atoms with Gasteiger partial charge in [-0.3, -0.25) is 4.90 Å². The number of aryl methyl sites for hydroxylation is 1. The summed E-state index contributed by atoms with van der Waals surface area (Å²) in [4.78, 5) is 6.58. The first-order valence-electron chi connectivity index (χ1n) is 5.79. The number of imidazole rings is 1. The van der Waals surface area contributed by atoms with Crippen LogP contribution >= 0.6 is 0 Å². The molecule has 0 amide bonds. The van der Waals surface area contributed by atoms with Crippen LogP contribution in [-0.2, 0) is 11.8 Å². The van der Waals surface area contributed by atoms with E-state index in [9.17, 15) is 0 Å². The Morgan fingerprint density at radius 1 is 1.62 bits per heavy atom. The fraction of sp³-hybridized carbons (Fsp3) is 0.727. The molecule has 90 valence electrons. The SMILES string of the molecule is CCN1CCO[C@H](CN)[C@H]1c1cncn1C. The van der Waals surface area contributed by atoms with Crippen LogP contribution in [0.15, 0.2) is 12.5 Å². The van der Waals surface area contributed by atoms with Crippen molar-refractivity contribution in [2.24, 2.45) is 12.8 Å². The van der Waals surface area contributed by atoms with Crippen molar-refractivity contribution in [3.8, 4) is 0 Å². The van der Waals surface area contributed by atoms with E-state index in [1.54, 1.807) is 0 Å². The van der Waals surface area contributed by atoms with Crippen LogP contribution in [0.2, 0.25) is 0 Å². The van der Waals surface area contributed by atoms with Crippen molar-refractivity contribution >= 4 is 0 Å². The highest BCUT2D eigenvalue weighted by atomic mass is 16.5. The van der Waals surface area contributed by atoms with Gasteiger partial charge in [0.25, 0.3) is 0 Å². The van der Waals surface area contributed by atoms with Gasteiger partial charge in [0.15, 0.2) is 0 Å². The number of rotatable bonds is 3. The Hall–Kier alpha value is -0.910. The predicted molar refractivity (Wildman–Crippen MR) is 62.0 cm³/mol. The molecule has 0 radical (unpaired) electrons. The van der Waals surface area contributed by atoms with Crippen LogP contribution in [0.4, 0.5) is 0 Å². The third-order valence-corrected chi connectivity index (χ3v) is 3.25. The minimum Gasteiger partial charge on any atom is -0.374 e. The lowest BCUT2D eigenvalue weighted by Gasteiger charge is -2.40. The number of ether oxygens (including phenoxy) is 1. The summed E-state index contributed by atoms with van der Waals surface area (Å²) in [5.74, 6) is 0. The molecule has 2 heterocycles. The van der Waals surface area contributed by atoms with Crippen molar-refractivity contribution in [2.75, 3.05) is 26.2 Å².